The Morgan fingerprint density at radius 3 is 2.26 bits per heavy atom. The Labute approximate surface area is 154 Å². The van der Waals surface area contributed by atoms with E-state index in [1.165, 1.54) is 18.2 Å². The fourth-order valence-corrected chi connectivity index (χ4v) is 3.40. The monoisotopic (exact) mass is 358 g/mol. The highest BCUT2D eigenvalue weighted by Crippen LogP contribution is 2.35. The second-order valence-electron chi connectivity index (χ2n) is 6.31. The maximum absolute atomic E-state index is 13.2. The normalized spacial score (nSPS) is 12.5. The lowest BCUT2D eigenvalue weighted by Crippen LogP contribution is -2.22. The lowest BCUT2D eigenvalue weighted by molar-refractivity contribution is 0.0696. The first-order chi connectivity index (χ1) is 13.0. The highest BCUT2D eigenvalue weighted by atomic mass is 16.4. The summed E-state index contributed by atoms with van der Waals surface area (Å²) in [6.45, 7) is -0.232. The van der Waals surface area contributed by atoms with Crippen molar-refractivity contribution < 1.29 is 24.6 Å². The Morgan fingerprint density at radius 2 is 1.52 bits per heavy atom. The average Bonchev–Trinajstić information content (AvgIpc) is 2.71. The van der Waals surface area contributed by atoms with Crippen LogP contribution in [0.15, 0.2) is 60.7 Å². The smallest absolute Gasteiger partial charge is 0.335 e. The standard InChI is InChI=1S/C22H14O5/c23-11-12-7-8-16-18(9-12)21(25)19-15(5-2-6-17(19)20(16)24)13-3-1-4-14(10-13)22(26)27/h1-10,23H,11H2,(H,26,27). The number of aliphatic hydroxyl groups is 1. The van der Waals surface area contributed by atoms with E-state index in [1.807, 2.05) is 0 Å². The molecule has 3 aromatic carbocycles. The van der Waals surface area contributed by atoms with E-state index in [0.717, 1.165) is 0 Å². The maximum atomic E-state index is 13.2. The van der Waals surface area contributed by atoms with E-state index >= 15 is 0 Å². The first-order valence-electron chi connectivity index (χ1n) is 8.31. The zero-order chi connectivity index (χ0) is 19.1. The van der Waals surface area contributed by atoms with Crippen molar-refractivity contribution in [2.45, 2.75) is 6.61 Å². The molecule has 1 aliphatic rings. The molecule has 0 radical (unpaired) electrons. The van der Waals surface area contributed by atoms with Crippen molar-refractivity contribution in [1.29, 1.82) is 0 Å². The molecule has 5 nitrogen and oxygen atoms in total. The molecule has 27 heavy (non-hydrogen) atoms. The number of hydrogen-bond acceptors (Lipinski definition) is 4. The van der Waals surface area contributed by atoms with Crippen molar-refractivity contribution in [3.8, 4) is 11.1 Å². The highest BCUT2D eigenvalue weighted by molar-refractivity contribution is 6.30. The van der Waals surface area contributed by atoms with Crippen LogP contribution >= 0.6 is 0 Å². The predicted molar refractivity (Wildman–Crippen MR) is 98.1 cm³/mol. The van der Waals surface area contributed by atoms with E-state index in [9.17, 15) is 24.6 Å². The van der Waals surface area contributed by atoms with E-state index < -0.39 is 5.97 Å². The molecule has 1 aliphatic carbocycles. The Bertz CT molecular complexity index is 1130. The minimum atomic E-state index is -1.07. The van der Waals surface area contributed by atoms with Crippen LogP contribution < -0.4 is 0 Å². The van der Waals surface area contributed by atoms with Gasteiger partial charge in [-0.25, -0.2) is 4.79 Å². The summed E-state index contributed by atoms with van der Waals surface area (Å²) in [6, 6.07) is 16.0. The molecule has 0 spiro atoms. The number of carbonyl (C=O) groups excluding carboxylic acids is 2. The van der Waals surface area contributed by atoms with Crippen molar-refractivity contribution in [2.75, 3.05) is 0 Å². The van der Waals surface area contributed by atoms with Crippen LogP contribution in [-0.4, -0.2) is 27.7 Å². The summed E-state index contributed by atoms with van der Waals surface area (Å²) in [4.78, 5) is 37.4. The van der Waals surface area contributed by atoms with Crippen molar-refractivity contribution in [2.24, 2.45) is 0 Å². The number of hydrogen-bond donors (Lipinski definition) is 2. The van der Waals surface area contributed by atoms with Crippen LogP contribution in [0.1, 0.15) is 47.8 Å². The molecule has 3 aromatic rings. The van der Waals surface area contributed by atoms with Gasteiger partial charge in [-0.1, -0.05) is 36.4 Å². The Morgan fingerprint density at radius 1 is 0.778 bits per heavy atom. The van der Waals surface area contributed by atoms with Crippen LogP contribution in [0.4, 0.5) is 0 Å². The molecule has 0 heterocycles. The molecule has 0 amide bonds. The molecular formula is C22H14O5. The van der Waals surface area contributed by atoms with E-state index in [1.54, 1.807) is 42.5 Å². The molecular weight excluding hydrogens is 344 g/mol. The summed E-state index contributed by atoms with van der Waals surface area (Å²) in [5.74, 6) is -1.64. The number of carboxylic acids is 1. The summed E-state index contributed by atoms with van der Waals surface area (Å²) in [7, 11) is 0. The number of benzene rings is 3. The molecule has 4 rings (SSSR count). The molecule has 0 fully saturated rings. The summed E-state index contributed by atoms with van der Waals surface area (Å²) < 4.78 is 0. The number of fused-ring (bicyclic) bond motifs is 2. The van der Waals surface area contributed by atoms with Gasteiger partial charge in [-0.2, -0.15) is 0 Å². The minimum absolute atomic E-state index is 0.0997. The van der Waals surface area contributed by atoms with Gasteiger partial charge in [0.2, 0.25) is 0 Å². The number of carbonyl (C=O) groups is 3. The Kier molecular flexibility index (Phi) is 3.94. The molecule has 0 saturated carbocycles. The number of aliphatic hydroxyl groups excluding tert-OH is 1. The molecule has 132 valence electrons. The van der Waals surface area contributed by atoms with Crippen LogP contribution in [0.25, 0.3) is 11.1 Å². The van der Waals surface area contributed by atoms with Crippen LogP contribution in [0.5, 0.6) is 0 Å². The predicted octanol–water partition coefficient (Wildman–Crippen LogP) is 3.32. The quantitative estimate of drug-likeness (QED) is 0.586. The van der Waals surface area contributed by atoms with Gasteiger partial charge in [0.25, 0.3) is 0 Å². The van der Waals surface area contributed by atoms with Gasteiger partial charge in [0.1, 0.15) is 0 Å². The third-order valence-electron chi connectivity index (χ3n) is 4.71. The fourth-order valence-electron chi connectivity index (χ4n) is 3.40. The molecule has 0 unspecified atom stereocenters. The fraction of sp³-hybridized carbons (Fsp3) is 0.0455. The van der Waals surface area contributed by atoms with Gasteiger partial charge >= 0.3 is 5.97 Å². The zero-order valence-electron chi connectivity index (χ0n) is 14.1. The minimum Gasteiger partial charge on any atom is -0.478 e. The average molecular weight is 358 g/mol. The van der Waals surface area contributed by atoms with Gasteiger partial charge in [0.05, 0.1) is 12.2 Å². The summed E-state index contributed by atoms with van der Waals surface area (Å²) >= 11 is 0. The largest absolute Gasteiger partial charge is 0.478 e. The molecule has 0 aliphatic heterocycles. The van der Waals surface area contributed by atoms with Gasteiger partial charge in [-0.05, 0) is 41.0 Å². The van der Waals surface area contributed by atoms with Crippen molar-refractivity contribution in [3.63, 3.8) is 0 Å². The molecule has 0 aromatic heterocycles. The third kappa shape index (κ3) is 2.65. The molecule has 0 atom stereocenters. The second-order valence-corrected chi connectivity index (χ2v) is 6.31. The zero-order valence-corrected chi connectivity index (χ0v) is 14.1. The van der Waals surface area contributed by atoms with E-state index in [-0.39, 0.29) is 34.9 Å². The molecule has 5 heteroatoms. The molecule has 2 N–H and O–H groups in total. The second kappa shape index (κ2) is 6.30. The SMILES string of the molecule is O=C(O)c1cccc(-c2cccc3c2C(=O)c2cc(CO)ccc2C3=O)c1. The Balaban J connectivity index is 1.95. The summed E-state index contributed by atoms with van der Waals surface area (Å²) in [5, 5.41) is 18.6. The van der Waals surface area contributed by atoms with Crippen molar-refractivity contribution in [1.82, 2.24) is 0 Å². The van der Waals surface area contributed by atoms with E-state index in [2.05, 4.69) is 0 Å². The summed E-state index contributed by atoms with van der Waals surface area (Å²) in [5.41, 5.74) is 2.81. The topological polar surface area (TPSA) is 91.7 Å². The Hall–Kier alpha value is -3.57. The van der Waals surface area contributed by atoms with Gasteiger partial charge in [-0.15, -0.1) is 0 Å². The number of rotatable bonds is 3. The van der Waals surface area contributed by atoms with Crippen LogP contribution in [0, 0.1) is 0 Å². The van der Waals surface area contributed by atoms with Gasteiger partial charge in [0, 0.05) is 22.3 Å². The number of carboxylic acid groups (broad SMARTS) is 1. The molecule has 0 bridgehead atoms. The lowest BCUT2D eigenvalue weighted by Gasteiger charge is -2.21. The number of aromatic carboxylic acids is 1. The molecule has 0 saturated heterocycles. The summed E-state index contributed by atoms with van der Waals surface area (Å²) in [6.07, 6.45) is 0. The van der Waals surface area contributed by atoms with Gasteiger partial charge < -0.3 is 10.2 Å². The van der Waals surface area contributed by atoms with E-state index in [4.69, 9.17) is 0 Å². The highest BCUT2D eigenvalue weighted by Gasteiger charge is 2.32. The van der Waals surface area contributed by atoms with Gasteiger partial charge in [0.15, 0.2) is 11.6 Å². The van der Waals surface area contributed by atoms with Crippen LogP contribution in [0.2, 0.25) is 0 Å². The maximum Gasteiger partial charge on any atom is 0.335 e. The van der Waals surface area contributed by atoms with Gasteiger partial charge in [-0.3, -0.25) is 9.59 Å². The van der Waals surface area contributed by atoms with Crippen LogP contribution in [0.3, 0.4) is 0 Å². The van der Waals surface area contributed by atoms with Crippen LogP contribution in [-0.2, 0) is 6.61 Å². The first-order valence-corrected chi connectivity index (χ1v) is 8.31. The number of ketones is 2. The lowest BCUT2D eigenvalue weighted by atomic mass is 9.80. The van der Waals surface area contributed by atoms with Crippen molar-refractivity contribution >= 4 is 17.5 Å². The first kappa shape index (κ1) is 16.9. The third-order valence-corrected chi connectivity index (χ3v) is 4.71. The van der Waals surface area contributed by atoms with Crippen molar-refractivity contribution in [3.05, 3.63) is 94.0 Å². The van der Waals surface area contributed by atoms with E-state index in [0.29, 0.717) is 27.8 Å².